The van der Waals surface area contributed by atoms with Crippen molar-refractivity contribution in [1.82, 2.24) is 0 Å². The van der Waals surface area contributed by atoms with Crippen LogP contribution >= 0.6 is 0 Å². The van der Waals surface area contributed by atoms with Crippen molar-refractivity contribution in [3.05, 3.63) is 48.0 Å². The van der Waals surface area contributed by atoms with Crippen molar-refractivity contribution < 1.29 is 19.1 Å². The van der Waals surface area contributed by atoms with Gasteiger partial charge in [-0.1, -0.05) is 13.8 Å². The Hall–Kier alpha value is -3.02. The highest BCUT2D eigenvalue weighted by Crippen LogP contribution is 2.25. The first-order valence-corrected chi connectivity index (χ1v) is 7.89. The number of carbonyl (C=O) groups is 2. The lowest BCUT2D eigenvalue weighted by Crippen LogP contribution is -2.17. The maximum absolute atomic E-state index is 12.4. The first kappa shape index (κ1) is 18.3. The van der Waals surface area contributed by atoms with Crippen molar-refractivity contribution in [3.63, 3.8) is 0 Å². The Morgan fingerprint density at radius 2 is 1.48 bits per heavy atom. The molecule has 6 nitrogen and oxygen atoms in total. The molecule has 0 aliphatic carbocycles. The van der Waals surface area contributed by atoms with Crippen molar-refractivity contribution in [2.75, 3.05) is 24.9 Å². The quantitative estimate of drug-likeness (QED) is 0.842. The number of anilines is 2. The molecule has 6 heteroatoms. The molecular weight excluding hydrogens is 320 g/mol. The number of ether oxygens (including phenoxy) is 2. The molecule has 2 N–H and O–H groups in total. The molecule has 0 atom stereocenters. The van der Waals surface area contributed by atoms with E-state index in [1.807, 2.05) is 13.8 Å². The van der Waals surface area contributed by atoms with Gasteiger partial charge in [0, 0.05) is 23.4 Å². The molecule has 0 radical (unpaired) electrons. The minimum atomic E-state index is -0.293. The van der Waals surface area contributed by atoms with Crippen LogP contribution in [0.1, 0.15) is 24.2 Å². The van der Waals surface area contributed by atoms with Crippen molar-refractivity contribution in [3.8, 4) is 11.5 Å². The maximum atomic E-state index is 12.4. The number of carbonyl (C=O) groups excluding carboxylic acids is 2. The van der Waals surface area contributed by atoms with Crippen LogP contribution in [0.15, 0.2) is 42.5 Å². The van der Waals surface area contributed by atoms with Gasteiger partial charge in [0.15, 0.2) is 0 Å². The molecule has 0 fully saturated rings. The molecule has 0 aromatic heterocycles. The van der Waals surface area contributed by atoms with Crippen LogP contribution in [0.2, 0.25) is 0 Å². The van der Waals surface area contributed by atoms with Crippen molar-refractivity contribution >= 4 is 23.2 Å². The van der Waals surface area contributed by atoms with Crippen LogP contribution in [0.4, 0.5) is 11.4 Å². The van der Waals surface area contributed by atoms with Crippen LogP contribution in [0.25, 0.3) is 0 Å². The van der Waals surface area contributed by atoms with Gasteiger partial charge in [-0.15, -0.1) is 0 Å². The number of benzene rings is 2. The average Bonchev–Trinajstić information content (AvgIpc) is 2.62. The number of methoxy groups -OCH3 is 2. The van der Waals surface area contributed by atoms with Gasteiger partial charge >= 0.3 is 0 Å². The first-order chi connectivity index (χ1) is 11.9. The van der Waals surface area contributed by atoms with Crippen molar-refractivity contribution in [2.24, 2.45) is 5.92 Å². The molecule has 25 heavy (non-hydrogen) atoms. The van der Waals surface area contributed by atoms with Crippen LogP contribution in [0.3, 0.4) is 0 Å². The molecule has 0 spiro atoms. The van der Waals surface area contributed by atoms with Crippen molar-refractivity contribution in [1.29, 1.82) is 0 Å². The van der Waals surface area contributed by atoms with Gasteiger partial charge in [-0.25, -0.2) is 0 Å². The Balaban J connectivity index is 2.09. The Morgan fingerprint density at radius 1 is 0.880 bits per heavy atom. The maximum Gasteiger partial charge on any atom is 0.259 e. The molecule has 2 rings (SSSR count). The summed E-state index contributed by atoms with van der Waals surface area (Å²) in [5.74, 6) is 0.594. The summed E-state index contributed by atoms with van der Waals surface area (Å²) in [6, 6.07) is 11.9. The highest BCUT2D eigenvalue weighted by Gasteiger charge is 2.14. The van der Waals surface area contributed by atoms with Gasteiger partial charge in [-0.05, 0) is 36.4 Å². The van der Waals surface area contributed by atoms with Gasteiger partial charge in [-0.2, -0.15) is 0 Å². The fourth-order valence-electron chi connectivity index (χ4n) is 2.11. The molecule has 132 valence electrons. The zero-order chi connectivity index (χ0) is 18.4. The van der Waals surface area contributed by atoms with E-state index in [-0.39, 0.29) is 17.7 Å². The summed E-state index contributed by atoms with van der Waals surface area (Å²) in [6.07, 6.45) is 0. The minimum Gasteiger partial charge on any atom is -0.497 e. The van der Waals surface area contributed by atoms with E-state index >= 15 is 0 Å². The predicted molar refractivity (Wildman–Crippen MR) is 97.4 cm³/mol. The van der Waals surface area contributed by atoms with Gasteiger partial charge in [0.2, 0.25) is 5.91 Å². The molecular formula is C19H22N2O4. The zero-order valence-corrected chi connectivity index (χ0v) is 14.8. The standard InChI is InChI=1S/C19H22N2O4/c1-12(2)18(22)20-13-5-7-14(8-6-13)21-19(23)16-10-9-15(24-3)11-17(16)25-4/h5-12H,1-4H3,(H,20,22)(H,21,23). The van der Waals surface area contributed by atoms with E-state index in [1.54, 1.807) is 49.6 Å². The second-order valence-corrected chi connectivity index (χ2v) is 5.74. The van der Waals surface area contributed by atoms with Gasteiger partial charge in [0.25, 0.3) is 5.91 Å². The molecule has 2 amide bonds. The minimum absolute atomic E-state index is 0.0558. The molecule has 0 bridgehead atoms. The third-order valence-corrected chi connectivity index (χ3v) is 3.59. The van der Waals surface area contributed by atoms with Gasteiger partial charge in [-0.3, -0.25) is 9.59 Å². The smallest absolute Gasteiger partial charge is 0.259 e. The normalized spacial score (nSPS) is 10.3. The van der Waals surface area contributed by atoms with Crippen LogP contribution in [-0.4, -0.2) is 26.0 Å². The second kappa shape index (κ2) is 8.19. The van der Waals surface area contributed by atoms with E-state index in [2.05, 4.69) is 10.6 Å². The lowest BCUT2D eigenvalue weighted by molar-refractivity contribution is -0.118. The van der Waals surface area contributed by atoms with Crippen LogP contribution in [0, 0.1) is 5.92 Å². The van der Waals surface area contributed by atoms with Gasteiger partial charge in [0.05, 0.1) is 19.8 Å². The molecule has 2 aromatic rings. The highest BCUT2D eigenvalue weighted by molar-refractivity contribution is 6.06. The number of nitrogens with one attached hydrogen (secondary N) is 2. The summed E-state index contributed by atoms with van der Waals surface area (Å²) >= 11 is 0. The van der Waals surface area contributed by atoms with E-state index in [0.29, 0.717) is 28.4 Å². The summed E-state index contributed by atoms with van der Waals surface area (Å²) in [6.45, 7) is 3.65. The van der Waals surface area contributed by atoms with E-state index in [0.717, 1.165) is 0 Å². The topological polar surface area (TPSA) is 76.7 Å². The fraction of sp³-hybridized carbons (Fsp3) is 0.263. The van der Waals surface area contributed by atoms with Gasteiger partial charge < -0.3 is 20.1 Å². The summed E-state index contributed by atoms with van der Waals surface area (Å²) in [7, 11) is 3.05. The Kier molecular flexibility index (Phi) is 6.00. The lowest BCUT2D eigenvalue weighted by Gasteiger charge is -2.12. The number of rotatable bonds is 6. The molecule has 0 saturated heterocycles. The third kappa shape index (κ3) is 4.73. The first-order valence-electron chi connectivity index (χ1n) is 7.89. The van der Waals surface area contributed by atoms with Gasteiger partial charge in [0.1, 0.15) is 11.5 Å². The SMILES string of the molecule is COc1ccc(C(=O)Nc2ccc(NC(=O)C(C)C)cc2)c(OC)c1. The summed E-state index contributed by atoms with van der Waals surface area (Å²) in [4.78, 5) is 24.1. The highest BCUT2D eigenvalue weighted by atomic mass is 16.5. The fourth-order valence-corrected chi connectivity index (χ4v) is 2.11. The van der Waals surface area contributed by atoms with E-state index in [9.17, 15) is 9.59 Å². The summed E-state index contributed by atoms with van der Waals surface area (Å²) in [5, 5.41) is 5.60. The summed E-state index contributed by atoms with van der Waals surface area (Å²) < 4.78 is 10.4. The zero-order valence-electron chi connectivity index (χ0n) is 14.8. The molecule has 0 aliphatic heterocycles. The van der Waals surface area contributed by atoms with Crippen LogP contribution < -0.4 is 20.1 Å². The number of hydrogen-bond donors (Lipinski definition) is 2. The molecule has 0 heterocycles. The Bertz CT molecular complexity index is 755. The molecule has 0 unspecified atom stereocenters. The van der Waals surface area contributed by atoms with E-state index < -0.39 is 0 Å². The Labute approximate surface area is 147 Å². The number of hydrogen-bond acceptors (Lipinski definition) is 4. The van der Waals surface area contributed by atoms with Crippen molar-refractivity contribution in [2.45, 2.75) is 13.8 Å². The lowest BCUT2D eigenvalue weighted by atomic mass is 10.1. The second-order valence-electron chi connectivity index (χ2n) is 5.74. The predicted octanol–water partition coefficient (Wildman–Crippen LogP) is 3.55. The average molecular weight is 342 g/mol. The largest absolute Gasteiger partial charge is 0.497 e. The molecule has 0 saturated carbocycles. The summed E-state index contributed by atoms with van der Waals surface area (Å²) in [5.41, 5.74) is 1.70. The Morgan fingerprint density at radius 3 is 2.00 bits per heavy atom. The third-order valence-electron chi connectivity index (χ3n) is 3.59. The molecule has 2 aromatic carbocycles. The molecule has 0 aliphatic rings. The number of amides is 2. The van der Waals surface area contributed by atoms with E-state index in [1.165, 1.54) is 7.11 Å². The van der Waals surface area contributed by atoms with E-state index in [4.69, 9.17) is 9.47 Å². The van der Waals surface area contributed by atoms with Crippen LogP contribution in [-0.2, 0) is 4.79 Å². The monoisotopic (exact) mass is 342 g/mol. The van der Waals surface area contributed by atoms with Crippen LogP contribution in [0.5, 0.6) is 11.5 Å².